The molecule has 0 aliphatic carbocycles. The normalized spacial score (nSPS) is 11.8. The van der Waals surface area contributed by atoms with Gasteiger partial charge in [0.05, 0.1) is 0 Å². The molecule has 0 heterocycles. The topological polar surface area (TPSA) is 0 Å². The van der Waals surface area contributed by atoms with Gasteiger partial charge in [-0.3, -0.25) is 0 Å². The quantitative estimate of drug-likeness (QED) is 0.501. The molecular weight excluding hydrogens is 180 g/mol. The van der Waals surface area contributed by atoms with Gasteiger partial charge in [0, 0.05) is 0 Å². The van der Waals surface area contributed by atoms with Gasteiger partial charge in [0.25, 0.3) is 0 Å². The maximum Gasteiger partial charge on any atom is -0.0110 e. The summed E-state index contributed by atoms with van der Waals surface area (Å²) in [6.07, 6.45) is 9.02. The van der Waals surface area contributed by atoms with E-state index in [0.717, 1.165) is 6.42 Å². The van der Waals surface area contributed by atoms with E-state index in [4.69, 9.17) is 0 Å². The molecule has 0 aromatic carbocycles. The molecule has 0 fully saturated rings. The summed E-state index contributed by atoms with van der Waals surface area (Å²) in [5.41, 5.74) is 1.78. The fourth-order valence-electron chi connectivity index (χ4n) is 1.16. The molecule has 0 saturated carbocycles. The Balaban J connectivity index is -0.000000449. The summed E-state index contributed by atoms with van der Waals surface area (Å²) >= 11 is 0. The molecule has 0 rings (SSSR count). The van der Waals surface area contributed by atoms with Crippen molar-refractivity contribution in [3.8, 4) is 0 Å². The van der Waals surface area contributed by atoms with E-state index in [0.29, 0.717) is 5.41 Å². The zero-order valence-corrected chi connectivity index (χ0v) is 11.1. The zero-order valence-electron chi connectivity index (χ0n) is 11.1. The van der Waals surface area contributed by atoms with Crippen LogP contribution in [0.15, 0.2) is 23.8 Å². The Morgan fingerprint density at radius 2 is 1.60 bits per heavy atom. The van der Waals surface area contributed by atoms with Crippen LogP contribution >= 0.6 is 0 Å². The maximum absolute atomic E-state index is 2.29. The Hall–Kier alpha value is -0.520. The molecule has 92 valence electrons. The Kier molecular flexibility index (Phi) is 15.4. The van der Waals surface area contributed by atoms with E-state index in [-0.39, 0.29) is 7.43 Å². The van der Waals surface area contributed by atoms with Crippen LogP contribution in [0.5, 0.6) is 0 Å². The second-order valence-electron chi connectivity index (χ2n) is 3.79. The largest absolute Gasteiger partial charge is 0.0845 e. The van der Waals surface area contributed by atoms with Crippen molar-refractivity contribution < 1.29 is 0 Å². The van der Waals surface area contributed by atoms with Crippen molar-refractivity contribution >= 4 is 0 Å². The molecule has 0 spiro atoms. The number of rotatable bonds is 4. The highest BCUT2D eigenvalue weighted by Crippen LogP contribution is 2.30. The van der Waals surface area contributed by atoms with Crippen LogP contribution in [0.1, 0.15) is 68.7 Å². The molecule has 0 aromatic rings. The van der Waals surface area contributed by atoms with Gasteiger partial charge in [-0.15, -0.1) is 0 Å². The predicted octanol–water partition coefficient (Wildman–Crippen LogP) is 6.00. The molecule has 0 amide bonds. The summed E-state index contributed by atoms with van der Waals surface area (Å²) in [5.74, 6) is 0. The van der Waals surface area contributed by atoms with E-state index in [2.05, 4.69) is 52.8 Å². The Bertz CT molecular complexity index is 170. The van der Waals surface area contributed by atoms with Gasteiger partial charge in [-0.2, -0.15) is 0 Å². The lowest BCUT2D eigenvalue weighted by atomic mass is 9.81. The summed E-state index contributed by atoms with van der Waals surface area (Å²) in [6.45, 7) is 15.1. The second-order valence-corrected chi connectivity index (χ2v) is 3.79. The van der Waals surface area contributed by atoms with Gasteiger partial charge in [-0.1, -0.05) is 67.2 Å². The van der Waals surface area contributed by atoms with Gasteiger partial charge in [0.1, 0.15) is 0 Å². The molecule has 0 atom stereocenters. The van der Waals surface area contributed by atoms with Crippen molar-refractivity contribution in [1.29, 1.82) is 0 Å². The first-order valence-corrected chi connectivity index (χ1v) is 5.91. The van der Waals surface area contributed by atoms with Crippen LogP contribution in [0.2, 0.25) is 0 Å². The molecule has 0 bridgehead atoms. The lowest BCUT2D eigenvalue weighted by Crippen LogP contribution is -2.11. The smallest absolute Gasteiger partial charge is 0.0110 e. The molecule has 0 radical (unpaired) electrons. The summed E-state index contributed by atoms with van der Waals surface area (Å²) in [6, 6.07) is 0. The summed E-state index contributed by atoms with van der Waals surface area (Å²) in [7, 11) is 0. The minimum absolute atomic E-state index is 0. The molecule has 0 aromatic heterocycles. The van der Waals surface area contributed by atoms with Crippen molar-refractivity contribution in [2.45, 2.75) is 68.7 Å². The lowest BCUT2D eigenvalue weighted by Gasteiger charge is -2.24. The van der Waals surface area contributed by atoms with Crippen molar-refractivity contribution in [3.05, 3.63) is 23.8 Å². The summed E-state index contributed by atoms with van der Waals surface area (Å²) < 4.78 is 0. The lowest BCUT2D eigenvalue weighted by molar-refractivity contribution is 0.439. The maximum atomic E-state index is 2.29. The van der Waals surface area contributed by atoms with Gasteiger partial charge in [0.2, 0.25) is 0 Å². The van der Waals surface area contributed by atoms with Crippen LogP contribution in [0.4, 0.5) is 0 Å². The predicted molar refractivity (Wildman–Crippen MR) is 75.3 cm³/mol. The first kappa shape index (κ1) is 20.0. The first-order chi connectivity index (χ1) is 6.58. The average Bonchev–Trinajstić information content (AvgIpc) is 2.22. The third-order valence-electron chi connectivity index (χ3n) is 2.51. The standard InChI is InChI=1S/C12H22.C2H6.CH4/c1-6-9-10-11(7-2)12(4,5)8-3;1-2;/h7,9-10H,6,8H2,1-5H3;1-2H3;1H4/b10-9-,11-7+;;. The van der Waals surface area contributed by atoms with E-state index in [1.165, 1.54) is 12.0 Å². The Morgan fingerprint density at radius 1 is 1.13 bits per heavy atom. The average molecular weight is 212 g/mol. The van der Waals surface area contributed by atoms with Gasteiger partial charge in [-0.05, 0) is 30.8 Å². The molecule has 0 saturated heterocycles. The molecule has 15 heavy (non-hydrogen) atoms. The molecular formula is C15H32. The fourth-order valence-corrected chi connectivity index (χ4v) is 1.16. The Morgan fingerprint density at radius 3 is 1.87 bits per heavy atom. The highest BCUT2D eigenvalue weighted by Gasteiger charge is 2.17. The molecule has 0 N–H and O–H groups in total. The van der Waals surface area contributed by atoms with Crippen molar-refractivity contribution in [3.63, 3.8) is 0 Å². The highest BCUT2D eigenvalue weighted by atomic mass is 14.2. The molecule has 0 aliphatic rings. The van der Waals surface area contributed by atoms with Gasteiger partial charge < -0.3 is 0 Å². The van der Waals surface area contributed by atoms with Crippen LogP contribution < -0.4 is 0 Å². The highest BCUT2D eigenvalue weighted by molar-refractivity contribution is 5.24. The molecule has 0 heteroatoms. The van der Waals surface area contributed by atoms with Crippen molar-refractivity contribution in [2.24, 2.45) is 5.41 Å². The Labute approximate surface area is 98.5 Å². The van der Waals surface area contributed by atoms with Crippen molar-refractivity contribution in [2.75, 3.05) is 0 Å². The number of hydrogen-bond donors (Lipinski definition) is 0. The molecule has 0 aliphatic heterocycles. The van der Waals surface area contributed by atoms with Crippen LogP contribution in [0.3, 0.4) is 0 Å². The third kappa shape index (κ3) is 8.47. The minimum Gasteiger partial charge on any atom is -0.0845 e. The van der Waals surface area contributed by atoms with Gasteiger partial charge in [-0.25, -0.2) is 0 Å². The third-order valence-corrected chi connectivity index (χ3v) is 2.51. The van der Waals surface area contributed by atoms with Crippen molar-refractivity contribution in [1.82, 2.24) is 0 Å². The summed E-state index contributed by atoms with van der Waals surface area (Å²) in [5, 5.41) is 0. The van der Waals surface area contributed by atoms with Gasteiger partial charge in [0.15, 0.2) is 0 Å². The SMILES string of the molecule is C.C/C=C(\C=C/CC)C(C)(C)CC.CC. The van der Waals surface area contributed by atoms with Crippen LogP contribution in [-0.2, 0) is 0 Å². The minimum atomic E-state index is 0. The van der Waals surface area contributed by atoms with Crippen LogP contribution in [0.25, 0.3) is 0 Å². The van der Waals surface area contributed by atoms with E-state index in [9.17, 15) is 0 Å². The van der Waals surface area contributed by atoms with Crippen LogP contribution in [0, 0.1) is 5.41 Å². The number of allylic oxidation sites excluding steroid dienone is 4. The van der Waals surface area contributed by atoms with E-state index >= 15 is 0 Å². The monoisotopic (exact) mass is 212 g/mol. The van der Waals surface area contributed by atoms with E-state index in [1.807, 2.05) is 13.8 Å². The fraction of sp³-hybridized carbons (Fsp3) is 0.733. The first-order valence-electron chi connectivity index (χ1n) is 5.91. The van der Waals surface area contributed by atoms with Gasteiger partial charge >= 0.3 is 0 Å². The van der Waals surface area contributed by atoms with E-state index in [1.54, 1.807) is 0 Å². The zero-order chi connectivity index (χ0) is 11.6. The van der Waals surface area contributed by atoms with Crippen LogP contribution in [-0.4, -0.2) is 0 Å². The molecule has 0 unspecified atom stereocenters. The second kappa shape index (κ2) is 11.6. The summed E-state index contributed by atoms with van der Waals surface area (Å²) in [4.78, 5) is 0. The molecule has 0 nitrogen and oxygen atoms in total. The van der Waals surface area contributed by atoms with E-state index < -0.39 is 0 Å². The number of hydrogen-bond acceptors (Lipinski definition) is 0.